The SMILES string of the molecule is CC1(C)Oc2cc(Cl)ccc2-c2c1c(C(=O)NN1CC3CCCC3C1)nn2-c1ccc(Cl)cc1Cl.Cl. The summed E-state index contributed by atoms with van der Waals surface area (Å²) in [5.74, 6) is 1.69. The van der Waals surface area contributed by atoms with Crippen LogP contribution in [0.1, 0.15) is 49.2 Å². The summed E-state index contributed by atoms with van der Waals surface area (Å²) in [5, 5.41) is 8.38. The van der Waals surface area contributed by atoms with Crippen LogP contribution in [0.4, 0.5) is 0 Å². The molecule has 190 valence electrons. The summed E-state index contributed by atoms with van der Waals surface area (Å²) in [6, 6.07) is 10.7. The third-order valence-corrected chi connectivity index (χ3v) is 8.16. The standard InChI is InChI=1S/C26H25Cl3N4O2.ClH/c1-26(2)22-23(25(34)31-32-12-14-4-3-5-15(14)13-32)30-33(20-9-7-16(27)10-19(20)29)24(22)18-8-6-17(28)11-21(18)35-26;/h6-11,14-15H,3-5,12-13H2,1-2H3,(H,31,34);1H. The van der Waals surface area contributed by atoms with E-state index in [4.69, 9.17) is 44.6 Å². The van der Waals surface area contributed by atoms with Crippen molar-refractivity contribution in [3.8, 4) is 22.7 Å². The quantitative estimate of drug-likeness (QED) is 0.373. The molecule has 1 amide bonds. The van der Waals surface area contributed by atoms with Gasteiger partial charge in [0.25, 0.3) is 5.91 Å². The van der Waals surface area contributed by atoms with E-state index in [1.54, 1.807) is 35.0 Å². The van der Waals surface area contributed by atoms with E-state index in [1.165, 1.54) is 19.3 Å². The normalized spacial score (nSPS) is 21.7. The van der Waals surface area contributed by atoms with Gasteiger partial charge in [-0.05, 0) is 74.9 Å². The summed E-state index contributed by atoms with van der Waals surface area (Å²) >= 11 is 19.0. The Morgan fingerprint density at radius 3 is 2.42 bits per heavy atom. The van der Waals surface area contributed by atoms with Gasteiger partial charge in [-0.1, -0.05) is 41.2 Å². The molecule has 2 aromatic carbocycles. The molecule has 36 heavy (non-hydrogen) atoms. The van der Waals surface area contributed by atoms with Crippen molar-refractivity contribution in [3.05, 3.63) is 62.7 Å². The average molecular weight is 568 g/mol. The number of nitrogens with zero attached hydrogens (tertiary/aromatic N) is 3. The Bertz CT molecular complexity index is 1340. The lowest BCUT2D eigenvalue weighted by Gasteiger charge is -2.33. The molecule has 3 heterocycles. The van der Waals surface area contributed by atoms with Crippen molar-refractivity contribution in [2.24, 2.45) is 11.8 Å². The number of benzene rings is 2. The first-order valence-electron chi connectivity index (χ1n) is 11.8. The highest BCUT2D eigenvalue weighted by Gasteiger charge is 2.43. The summed E-state index contributed by atoms with van der Waals surface area (Å²) in [5.41, 5.74) is 5.47. The highest BCUT2D eigenvalue weighted by Crippen LogP contribution is 2.48. The van der Waals surface area contributed by atoms with Crippen LogP contribution in [0.15, 0.2) is 36.4 Å². The first-order valence-corrected chi connectivity index (χ1v) is 13.0. The fourth-order valence-corrected chi connectivity index (χ4v) is 6.50. The maximum absolute atomic E-state index is 13.7. The third-order valence-electron chi connectivity index (χ3n) is 7.39. The minimum Gasteiger partial charge on any atom is -0.482 e. The van der Waals surface area contributed by atoms with E-state index in [2.05, 4.69) is 5.43 Å². The molecule has 0 radical (unpaired) electrons. The first-order chi connectivity index (χ1) is 16.7. The minimum absolute atomic E-state index is 0. The van der Waals surface area contributed by atoms with Crippen molar-refractivity contribution in [2.75, 3.05) is 13.1 Å². The van der Waals surface area contributed by atoms with Crippen LogP contribution in [0, 0.1) is 11.8 Å². The largest absolute Gasteiger partial charge is 0.482 e. The summed E-state index contributed by atoms with van der Waals surface area (Å²) in [4.78, 5) is 13.7. The Morgan fingerprint density at radius 1 is 1.06 bits per heavy atom. The number of carbonyl (C=O) groups excluding carboxylic acids is 1. The minimum atomic E-state index is -0.835. The molecule has 6 nitrogen and oxygen atoms in total. The van der Waals surface area contributed by atoms with Crippen molar-refractivity contribution in [1.82, 2.24) is 20.2 Å². The van der Waals surface area contributed by atoms with Gasteiger partial charge in [-0.3, -0.25) is 10.2 Å². The molecule has 3 aromatic rings. The molecule has 1 aromatic heterocycles. The molecule has 2 fully saturated rings. The zero-order chi connectivity index (χ0) is 24.5. The number of nitrogens with one attached hydrogen (secondary N) is 1. The Morgan fingerprint density at radius 2 is 1.72 bits per heavy atom. The van der Waals surface area contributed by atoms with Crippen LogP contribution >= 0.6 is 47.2 Å². The van der Waals surface area contributed by atoms with Crippen LogP contribution in [0.25, 0.3) is 16.9 Å². The van der Waals surface area contributed by atoms with Gasteiger partial charge in [-0.2, -0.15) is 5.10 Å². The maximum atomic E-state index is 13.7. The molecule has 1 N–H and O–H groups in total. The Kier molecular flexibility index (Phi) is 6.71. The van der Waals surface area contributed by atoms with Gasteiger partial charge in [0.15, 0.2) is 5.69 Å². The number of aromatic nitrogens is 2. The van der Waals surface area contributed by atoms with Gasteiger partial charge < -0.3 is 4.74 Å². The maximum Gasteiger partial charge on any atom is 0.286 e. The molecule has 2 unspecified atom stereocenters. The zero-order valence-corrected chi connectivity index (χ0v) is 22.9. The lowest BCUT2D eigenvalue weighted by molar-refractivity contribution is 0.0779. The van der Waals surface area contributed by atoms with Crippen LogP contribution in [-0.4, -0.2) is 33.8 Å². The van der Waals surface area contributed by atoms with E-state index in [0.29, 0.717) is 49.6 Å². The third kappa shape index (κ3) is 4.27. The van der Waals surface area contributed by atoms with E-state index in [1.807, 2.05) is 24.9 Å². The van der Waals surface area contributed by atoms with Crippen LogP contribution in [0.5, 0.6) is 5.75 Å². The first kappa shape index (κ1) is 25.7. The van der Waals surface area contributed by atoms with Crippen molar-refractivity contribution in [1.29, 1.82) is 0 Å². The lowest BCUT2D eigenvalue weighted by Crippen LogP contribution is -2.42. The van der Waals surface area contributed by atoms with Crippen LogP contribution in [0.2, 0.25) is 15.1 Å². The second-order valence-corrected chi connectivity index (χ2v) is 11.4. The molecule has 0 bridgehead atoms. The van der Waals surface area contributed by atoms with Crippen molar-refractivity contribution < 1.29 is 9.53 Å². The Labute approximate surface area is 231 Å². The predicted octanol–water partition coefficient (Wildman–Crippen LogP) is 6.93. The molecular weight excluding hydrogens is 542 g/mol. The van der Waals surface area contributed by atoms with Crippen LogP contribution < -0.4 is 10.2 Å². The van der Waals surface area contributed by atoms with Gasteiger partial charge in [0.2, 0.25) is 0 Å². The number of ether oxygens (including phenoxy) is 1. The molecule has 2 atom stereocenters. The summed E-state index contributed by atoms with van der Waals surface area (Å²) in [7, 11) is 0. The molecule has 2 aliphatic heterocycles. The molecule has 1 aliphatic carbocycles. The Balaban J connectivity index is 0.00000267. The van der Waals surface area contributed by atoms with Crippen LogP contribution in [0.3, 0.4) is 0 Å². The van der Waals surface area contributed by atoms with E-state index in [9.17, 15) is 4.79 Å². The number of rotatable bonds is 3. The summed E-state index contributed by atoms with van der Waals surface area (Å²) < 4.78 is 8.08. The number of hydrogen-bond donors (Lipinski definition) is 1. The second kappa shape index (κ2) is 9.41. The van der Waals surface area contributed by atoms with Gasteiger partial charge in [0, 0.05) is 28.7 Å². The van der Waals surface area contributed by atoms with Gasteiger partial charge in [-0.25, -0.2) is 9.69 Å². The number of amides is 1. The monoisotopic (exact) mass is 566 g/mol. The fourth-order valence-electron chi connectivity index (χ4n) is 5.85. The fraction of sp³-hybridized carbons (Fsp3) is 0.385. The van der Waals surface area contributed by atoms with Crippen molar-refractivity contribution in [2.45, 2.75) is 38.7 Å². The van der Waals surface area contributed by atoms with Crippen molar-refractivity contribution in [3.63, 3.8) is 0 Å². The van der Waals surface area contributed by atoms with Crippen LogP contribution in [-0.2, 0) is 5.60 Å². The Hall–Kier alpha value is -1.96. The summed E-state index contributed by atoms with van der Waals surface area (Å²) in [6.07, 6.45) is 3.75. The van der Waals surface area contributed by atoms with Gasteiger partial charge >= 0.3 is 0 Å². The van der Waals surface area contributed by atoms with E-state index < -0.39 is 5.60 Å². The molecule has 0 spiro atoms. The molecule has 10 heteroatoms. The average Bonchev–Trinajstić information content (AvgIpc) is 3.47. The zero-order valence-electron chi connectivity index (χ0n) is 19.9. The summed E-state index contributed by atoms with van der Waals surface area (Å²) in [6.45, 7) is 5.62. The number of halogens is 4. The van der Waals surface area contributed by atoms with E-state index in [-0.39, 0.29) is 18.3 Å². The molecular formula is C26H26Cl4N4O2. The van der Waals surface area contributed by atoms with E-state index in [0.717, 1.165) is 24.3 Å². The second-order valence-electron chi connectivity index (χ2n) is 10.1. The number of carbonyl (C=O) groups is 1. The van der Waals surface area contributed by atoms with Gasteiger partial charge in [0.1, 0.15) is 11.4 Å². The van der Waals surface area contributed by atoms with Gasteiger partial charge in [0.05, 0.1) is 22.0 Å². The van der Waals surface area contributed by atoms with E-state index >= 15 is 0 Å². The highest BCUT2D eigenvalue weighted by atomic mass is 35.5. The number of hydrogen-bond acceptors (Lipinski definition) is 4. The predicted molar refractivity (Wildman–Crippen MR) is 145 cm³/mol. The topological polar surface area (TPSA) is 59.4 Å². The van der Waals surface area contributed by atoms with Crippen molar-refractivity contribution >= 4 is 53.1 Å². The smallest absolute Gasteiger partial charge is 0.286 e. The number of fused-ring (bicyclic) bond motifs is 4. The molecule has 6 rings (SSSR count). The molecule has 3 aliphatic rings. The van der Waals surface area contributed by atoms with Gasteiger partial charge in [-0.15, -0.1) is 12.4 Å². The lowest BCUT2D eigenvalue weighted by atomic mass is 9.89. The highest BCUT2D eigenvalue weighted by molar-refractivity contribution is 6.35. The molecule has 1 saturated carbocycles. The number of hydrazine groups is 1. The molecule has 1 saturated heterocycles.